The minimum absolute atomic E-state index is 0.657. The van der Waals surface area contributed by atoms with Gasteiger partial charge in [-0.05, 0) is 44.6 Å². The molecule has 4 nitrogen and oxygen atoms in total. The van der Waals surface area contributed by atoms with Crippen molar-refractivity contribution < 1.29 is 4.74 Å². The zero-order valence-electron chi connectivity index (χ0n) is 10.9. The van der Waals surface area contributed by atoms with Crippen LogP contribution in [0.1, 0.15) is 36.4 Å². The van der Waals surface area contributed by atoms with Crippen LogP contribution in [0, 0.1) is 12.8 Å². The zero-order valence-corrected chi connectivity index (χ0v) is 10.9. The van der Waals surface area contributed by atoms with Gasteiger partial charge in [0.2, 0.25) is 5.88 Å². The van der Waals surface area contributed by atoms with Gasteiger partial charge in [-0.1, -0.05) is 0 Å². The molecule has 0 bridgehead atoms. The van der Waals surface area contributed by atoms with E-state index in [4.69, 9.17) is 4.74 Å². The second kappa shape index (κ2) is 4.02. The molecule has 2 unspecified atom stereocenters. The topological polar surface area (TPSA) is 39.1 Å². The average Bonchev–Trinajstić information content (AvgIpc) is 3.17. The van der Waals surface area contributed by atoms with Gasteiger partial charge in [0, 0.05) is 18.7 Å². The van der Waals surface area contributed by atoms with Gasteiger partial charge >= 0.3 is 0 Å². The van der Waals surface area contributed by atoms with E-state index in [-0.39, 0.29) is 0 Å². The summed E-state index contributed by atoms with van der Waals surface area (Å²) in [5, 5.41) is 8.07. The molecule has 1 aromatic heterocycles. The molecule has 1 aromatic rings. The average molecular weight is 235 g/mol. The lowest BCUT2D eigenvalue weighted by Gasteiger charge is -2.05. The van der Waals surface area contributed by atoms with Crippen molar-refractivity contribution in [2.45, 2.75) is 38.1 Å². The van der Waals surface area contributed by atoms with Crippen LogP contribution >= 0.6 is 0 Å². The van der Waals surface area contributed by atoms with Gasteiger partial charge in [-0.3, -0.25) is 0 Å². The Balaban J connectivity index is 1.68. The van der Waals surface area contributed by atoms with Crippen molar-refractivity contribution in [2.75, 3.05) is 13.7 Å². The maximum atomic E-state index is 5.46. The van der Waals surface area contributed by atoms with Crippen LogP contribution in [-0.4, -0.2) is 29.5 Å². The highest BCUT2D eigenvalue weighted by molar-refractivity contribution is 5.38. The molecule has 0 radical (unpaired) electrons. The minimum Gasteiger partial charge on any atom is -0.481 e. The van der Waals surface area contributed by atoms with Gasteiger partial charge in [0.15, 0.2) is 0 Å². The SMILES string of the molecule is COc1c(C2CC2CNC2CC2)c(C)nn1C. The first-order chi connectivity index (χ1) is 8.20. The molecule has 3 rings (SSSR count). The summed E-state index contributed by atoms with van der Waals surface area (Å²) >= 11 is 0. The largest absolute Gasteiger partial charge is 0.481 e. The van der Waals surface area contributed by atoms with E-state index in [0.717, 1.165) is 30.1 Å². The number of aromatic nitrogens is 2. The molecule has 2 saturated carbocycles. The summed E-state index contributed by atoms with van der Waals surface area (Å²) in [7, 11) is 3.69. The molecular weight excluding hydrogens is 214 g/mol. The molecule has 94 valence electrons. The lowest BCUT2D eigenvalue weighted by atomic mass is 10.1. The van der Waals surface area contributed by atoms with Gasteiger partial charge < -0.3 is 10.1 Å². The summed E-state index contributed by atoms with van der Waals surface area (Å²) < 4.78 is 7.32. The van der Waals surface area contributed by atoms with E-state index >= 15 is 0 Å². The molecule has 17 heavy (non-hydrogen) atoms. The second-order valence-electron chi connectivity index (χ2n) is 5.42. The number of nitrogens with zero attached hydrogens (tertiary/aromatic N) is 2. The first kappa shape index (κ1) is 11.1. The second-order valence-corrected chi connectivity index (χ2v) is 5.42. The molecule has 0 aromatic carbocycles. The van der Waals surface area contributed by atoms with Crippen LogP contribution in [0.25, 0.3) is 0 Å². The molecule has 0 aliphatic heterocycles. The number of rotatable bonds is 5. The van der Waals surface area contributed by atoms with Gasteiger partial charge in [-0.2, -0.15) is 5.10 Å². The van der Waals surface area contributed by atoms with Crippen molar-refractivity contribution in [3.8, 4) is 5.88 Å². The molecule has 2 atom stereocenters. The lowest BCUT2D eigenvalue weighted by Crippen LogP contribution is -2.19. The van der Waals surface area contributed by atoms with Crippen molar-refractivity contribution in [1.82, 2.24) is 15.1 Å². The molecular formula is C13H21N3O. The van der Waals surface area contributed by atoms with Gasteiger partial charge in [0.05, 0.1) is 12.8 Å². The molecule has 1 heterocycles. The van der Waals surface area contributed by atoms with Crippen LogP contribution in [0.3, 0.4) is 0 Å². The number of hydrogen-bond donors (Lipinski definition) is 1. The summed E-state index contributed by atoms with van der Waals surface area (Å²) in [4.78, 5) is 0. The molecule has 2 fully saturated rings. The highest BCUT2D eigenvalue weighted by Crippen LogP contribution is 2.51. The summed E-state index contributed by atoms with van der Waals surface area (Å²) in [6, 6.07) is 0.813. The van der Waals surface area contributed by atoms with Crippen LogP contribution in [0.15, 0.2) is 0 Å². The van der Waals surface area contributed by atoms with Crippen molar-refractivity contribution in [3.05, 3.63) is 11.3 Å². The number of aryl methyl sites for hydroxylation is 2. The van der Waals surface area contributed by atoms with E-state index in [2.05, 4.69) is 17.3 Å². The first-order valence-electron chi connectivity index (χ1n) is 6.51. The molecule has 0 saturated heterocycles. The third-order valence-corrected chi connectivity index (χ3v) is 3.95. The van der Waals surface area contributed by atoms with Crippen LogP contribution in [0.4, 0.5) is 0 Å². The van der Waals surface area contributed by atoms with Gasteiger partial charge in [0.25, 0.3) is 0 Å². The predicted octanol–water partition coefficient (Wildman–Crippen LogP) is 1.59. The van der Waals surface area contributed by atoms with Gasteiger partial charge in [-0.15, -0.1) is 0 Å². The van der Waals surface area contributed by atoms with E-state index < -0.39 is 0 Å². The van der Waals surface area contributed by atoms with Crippen molar-refractivity contribution >= 4 is 0 Å². The van der Waals surface area contributed by atoms with Crippen LogP contribution in [0.5, 0.6) is 5.88 Å². The van der Waals surface area contributed by atoms with Crippen molar-refractivity contribution in [1.29, 1.82) is 0 Å². The van der Waals surface area contributed by atoms with E-state index in [9.17, 15) is 0 Å². The van der Waals surface area contributed by atoms with E-state index in [1.165, 1.54) is 24.8 Å². The molecule has 0 spiro atoms. The maximum Gasteiger partial charge on any atom is 0.215 e. The Morgan fingerprint density at radius 1 is 1.47 bits per heavy atom. The zero-order chi connectivity index (χ0) is 12.0. The fourth-order valence-corrected chi connectivity index (χ4v) is 2.75. The van der Waals surface area contributed by atoms with Crippen molar-refractivity contribution in [2.24, 2.45) is 13.0 Å². The van der Waals surface area contributed by atoms with Gasteiger partial charge in [0.1, 0.15) is 0 Å². The standard InChI is InChI=1S/C13H21N3O/c1-8-12(13(17-3)16(2)15-8)11-6-9(11)7-14-10-4-5-10/h9-11,14H,4-7H2,1-3H3. The fraction of sp³-hybridized carbons (Fsp3) is 0.769. The molecule has 1 N–H and O–H groups in total. The summed E-state index contributed by atoms with van der Waals surface area (Å²) in [6.07, 6.45) is 4.02. The molecule has 4 heteroatoms. The summed E-state index contributed by atoms with van der Waals surface area (Å²) in [5.41, 5.74) is 2.46. The van der Waals surface area contributed by atoms with Crippen LogP contribution in [-0.2, 0) is 7.05 Å². The van der Waals surface area contributed by atoms with Crippen molar-refractivity contribution in [3.63, 3.8) is 0 Å². The Kier molecular flexibility index (Phi) is 2.62. The third-order valence-electron chi connectivity index (χ3n) is 3.95. The summed E-state index contributed by atoms with van der Waals surface area (Å²) in [6.45, 7) is 3.24. The Morgan fingerprint density at radius 2 is 2.24 bits per heavy atom. The number of hydrogen-bond acceptors (Lipinski definition) is 3. The monoisotopic (exact) mass is 235 g/mol. The predicted molar refractivity (Wildman–Crippen MR) is 66.4 cm³/mol. The van der Waals surface area contributed by atoms with E-state index in [1.807, 2.05) is 11.7 Å². The maximum absolute atomic E-state index is 5.46. The minimum atomic E-state index is 0.657. The van der Waals surface area contributed by atoms with Crippen LogP contribution in [0.2, 0.25) is 0 Å². The van der Waals surface area contributed by atoms with E-state index in [1.54, 1.807) is 7.11 Å². The molecule has 2 aliphatic carbocycles. The molecule has 0 amide bonds. The smallest absolute Gasteiger partial charge is 0.215 e. The highest BCUT2D eigenvalue weighted by Gasteiger charge is 2.42. The Hall–Kier alpha value is -1.03. The normalized spacial score (nSPS) is 27.2. The highest BCUT2D eigenvalue weighted by atomic mass is 16.5. The Morgan fingerprint density at radius 3 is 2.88 bits per heavy atom. The van der Waals surface area contributed by atoms with Crippen LogP contribution < -0.4 is 10.1 Å². The van der Waals surface area contributed by atoms with E-state index in [0.29, 0.717) is 5.92 Å². The van der Waals surface area contributed by atoms with Gasteiger partial charge in [-0.25, -0.2) is 4.68 Å². The summed E-state index contributed by atoms with van der Waals surface area (Å²) in [5.74, 6) is 2.39. The number of methoxy groups -OCH3 is 1. The lowest BCUT2D eigenvalue weighted by molar-refractivity contribution is 0.369. The molecule has 2 aliphatic rings. The number of ether oxygens (including phenoxy) is 1. The Labute approximate surface area is 102 Å². The Bertz CT molecular complexity index is 423. The number of nitrogens with one attached hydrogen (secondary N) is 1. The first-order valence-corrected chi connectivity index (χ1v) is 6.51. The fourth-order valence-electron chi connectivity index (χ4n) is 2.75. The quantitative estimate of drug-likeness (QED) is 0.842. The third kappa shape index (κ3) is 2.06.